The molecule has 30 heavy (non-hydrogen) atoms. The lowest BCUT2D eigenvalue weighted by atomic mass is 9.76. The number of phenolic OH excluding ortho intramolecular Hbond substituents is 1. The molecule has 0 saturated carbocycles. The number of carboxylic acids is 1. The Morgan fingerprint density at radius 2 is 1.90 bits per heavy atom. The predicted molar refractivity (Wildman–Crippen MR) is 114 cm³/mol. The fourth-order valence-corrected chi connectivity index (χ4v) is 4.11. The summed E-state index contributed by atoms with van der Waals surface area (Å²) in [6, 6.07) is 8.25. The van der Waals surface area contributed by atoms with Gasteiger partial charge in [-0.15, -0.1) is 0 Å². The van der Waals surface area contributed by atoms with Crippen molar-refractivity contribution in [1.82, 2.24) is 4.57 Å². The number of nitrogens with zero attached hydrogens (tertiary/aromatic N) is 1. The minimum Gasteiger partial charge on any atom is -0.508 e. The van der Waals surface area contributed by atoms with Crippen molar-refractivity contribution in [3.8, 4) is 5.75 Å². The molecule has 0 aliphatic heterocycles. The van der Waals surface area contributed by atoms with E-state index in [0.717, 1.165) is 12.5 Å². The fraction of sp³-hybridized carbons (Fsp3) is 0.304. The van der Waals surface area contributed by atoms with Crippen LogP contribution in [-0.4, -0.2) is 26.7 Å². The lowest BCUT2D eigenvalue weighted by molar-refractivity contribution is -0.143. The minimum atomic E-state index is -1.26. The maximum absolute atomic E-state index is 14.0. The molecule has 0 radical (unpaired) electrons. The summed E-state index contributed by atoms with van der Waals surface area (Å²) in [6.07, 6.45) is 1.87. The number of rotatable bonds is 6. The molecule has 0 amide bonds. The van der Waals surface area contributed by atoms with Crippen LogP contribution in [0.5, 0.6) is 5.75 Å². The monoisotopic (exact) mass is 431 g/mol. The van der Waals surface area contributed by atoms with Gasteiger partial charge in [-0.3, -0.25) is 14.2 Å². The van der Waals surface area contributed by atoms with Gasteiger partial charge in [0.2, 0.25) is 0 Å². The van der Waals surface area contributed by atoms with E-state index >= 15 is 0 Å². The molecule has 158 valence electrons. The Morgan fingerprint density at radius 1 is 1.20 bits per heavy atom. The highest BCUT2D eigenvalue weighted by molar-refractivity contribution is 6.30. The van der Waals surface area contributed by atoms with Gasteiger partial charge < -0.3 is 10.2 Å². The number of carbonyl (C=O) groups is 2. The molecule has 3 rings (SSSR count). The first kappa shape index (κ1) is 21.8. The zero-order valence-corrected chi connectivity index (χ0v) is 17.8. The van der Waals surface area contributed by atoms with Crippen LogP contribution in [0.15, 0.2) is 36.4 Å². The summed E-state index contributed by atoms with van der Waals surface area (Å²) in [7, 11) is 0. The molecule has 0 bridgehead atoms. The van der Waals surface area contributed by atoms with Crippen LogP contribution >= 0.6 is 11.6 Å². The second-order valence-electron chi connectivity index (χ2n) is 7.67. The lowest BCUT2D eigenvalue weighted by Gasteiger charge is -2.26. The third-order valence-electron chi connectivity index (χ3n) is 5.61. The molecule has 1 atom stereocenters. The van der Waals surface area contributed by atoms with E-state index in [1.165, 1.54) is 28.8 Å². The van der Waals surface area contributed by atoms with E-state index in [2.05, 4.69) is 0 Å². The van der Waals surface area contributed by atoms with Crippen molar-refractivity contribution in [3.63, 3.8) is 0 Å². The Hall–Kier alpha value is -2.86. The Kier molecular flexibility index (Phi) is 5.90. The van der Waals surface area contributed by atoms with Crippen molar-refractivity contribution >= 4 is 34.4 Å². The Balaban J connectivity index is 2.32. The summed E-state index contributed by atoms with van der Waals surface area (Å²) in [5.41, 5.74) is 0.184. The fourth-order valence-electron chi connectivity index (χ4n) is 3.99. The van der Waals surface area contributed by atoms with Crippen LogP contribution in [0.25, 0.3) is 10.9 Å². The third-order valence-corrected chi connectivity index (χ3v) is 5.92. The van der Waals surface area contributed by atoms with E-state index in [1.807, 2.05) is 6.92 Å². The number of aliphatic carboxylic acids is 1. The number of carbonyl (C=O) groups excluding carboxylic acids is 1. The number of aromatic nitrogens is 1. The molecule has 0 saturated heterocycles. The topological polar surface area (TPSA) is 79.5 Å². The molecule has 1 aromatic heterocycles. The van der Waals surface area contributed by atoms with E-state index in [4.69, 9.17) is 11.6 Å². The summed E-state index contributed by atoms with van der Waals surface area (Å²) >= 11 is 5.74. The molecular formula is C23H23ClFNO4. The maximum Gasteiger partial charge on any atom is 0.313 e. The van der Waals surface area contributed by atoms with Crippen LogP contribution in [0.3, 0.4) is 0 Å². The number of halogens is 2. The number of carboxylic acid groups (broad SMARTS) is 1. The summed E-state index contributed by atoms with van der Waals surface area (Å²) in [5.74, 6) is -2.26. The smallest absolute Gasteiger partial charge is 0.313 e. The number of fused-ring (bicyclic) bond motifs is 1. The van der Waals surface area contributed by atoms with E-state index in [1.54, 1.807) is 19.9 Å². The van der Waals surface area contributed by atoms with Crippen LogP contribution in [0.4, 0.5) is 4.39 Å². The minimum absolute atomic E-state index is 0.0332. The van der Waals surface area contributed by atoms with Gasteiger partial charge in [0, 0.05) is 16.6 Å². The molecule has 0 spiro atoms. The summed E-state index contributed by atoms with van der Waals surface area (Å²) in [6.45, 7) is 5.28. The van der Waals surface area contributed by atoms with Crippen LogP contribution in [-0.2, 0) is 10.2 Å². The molecule has 0 aliphatic carbocycles. The number of hydrogen-bond donors (Lipinski definition) is 2. The second kappa shape index (κ2) is 8.11. The highest BCUT2D eigenvalue weighted by atomic mass is 35.5. The zero-order valence-electron chi connectivity index (χ0n) is 17.0. The average molecular weight is 432 g/mol. The Labute approximate surface area is 178 Å². The quantitative estimate of drug-likeness (QED) is 0.527. The van der Waals surface area contributed by atoms with Gasteiger partial charge in [0.25, 0.3) is 5.91 Å². The number of benzene rings is 2. The number of hydrogen-bond acceptors (Lipinski definition) is 3. The van der Waals surface area contributed by atoms with Crippen LogP contribution < -0.4 is 0 Å². The van der Waals surface area contributed by atoms with Gasteiger partial charge in [-0.25, -0.2) is 4.39 Å². The van der Waals surface area contributed by atoms with E-state index in [-0.39, 0.29) is 16.3 Å². The molecular weight excluding hydrogens is 409 g/mol. The van der Waals surface area contributed by atoms with Crippen LogP contribution in [0.1, 0.15) is 54.7 Å². The summed E-state index contributed by atoms with van der Waals surface area (Å²) < 4.78 is 15.3. The Morgan fingerprint density at radius 3 is 2.50 bits per heavy atom. The summed E-state index contributed by atoms with van der Waals surface area (Å²) in [4.78, 5) is 25.6. The van der Waals surface area contributed by atoms with Crippen LogP contribution in [0, 0.1) is 12.7 Å². The van der Waals surface area contributed by atoms with Crippen molar-refractivity contribution in [2.24, 2.45) is 0 Å². The largest absolute Gasteiger partial charge is 0.508 e. The predicted octanol–water partition coefficient (Wildman–Crippen LogP) is 5.67. The second-order valence-corrected chi connectivity index (χ2v) is 8.08. The molecule has 0 unspecified atom stereocenters. The molecule has 0 fully saturated rings. The highest BCUT2D eigenvalue weighted by Gasteiger charge is 2.40. The Bertz CT molecular complexity index is 1150. The van der Waals surface area contributed by atoms with Crippen molar-refractivity contribution in [2.45, 2.75) is 45.4 Å². The first-order valence-corrected chi connectivity index (χ1v) is 10.1. The lowest BCUT2D eigenvalue weighted by Crippen LogP contribution is -2.33. The normalized spacial score (nSPS) is 13.4. The van der Waals surface area contributed by atoms with Gasteiger partial charge in [-0.2, -0.15) is 0 Å². The van der Waals surface area contributed by atoms with Gasteiger partial charge in [-0.05, 0) is 62.2 Å². The van der Waals surface area contributed by atoms with Gasteiger partial charge >= 0.3 is 5.97 Å². The molecule has 5 nitrogen and oxygen atoms in total. The maximum atomic E-state index is 14.0. The van der Waals surface area contributed by atoms with E-state index < -0.39 is 23.1 Å². The van der Waals surface area contributed by atoms with Crippen LogP contribution in [0.2, 0.25) is 5.02 Å². The van der Waals surface area contributed by atoms with Gasteiger partial charge in [0.15, 0.2) is 0 Å². The van der Waals surface area contributed by atoms with E-state index in [0.29, 0.717) is 35.0 Å². The van der Waals surface area contributed by atoms with Crippen molar-refractivity contribution < 1.29 is 24.2 Å². The SMILES string of the molecule is CCCC[C@@](C)(C(=O)O)c1c(C)n(C(=O)c2ccc(Cl)c(F)c2)c2ccc(O)cc12. The number of aromatic hydroxyl groups is 1. The van der Waals surface area contributed by atoms with Crippen molar-refractivity contribution in [2.75, 3.05) is 0 Å². The summed E-state index contributed by atoms with van der Waals surface area (Å²) in [5, 5.41) is 20.5. The van der Waals surface area contributed by atoms with Crippen molar-refractivity contribution in [3.05, 3.63) is 64.1 Å². The van der Waals surface area contributed by atoms with Gasteiger partial charge in [0.1, 0.15) is 11.6 Å². The molecule has 3 aromatic rings. The third kappa shape index (κ3) is 3.56. The van der Waals surface area contributed by atoms with Gasteiger partial charge in [0.05, 0.1) is 16.0 Å². The van der Waals surface area contributed by atoms with Gasteiger partial charge in [-0.1, -0.05) is 31.4 Å². The first-order valence-electron chi connectivity index (χ1n) is 9.69. The number of unbranched alkanes of at least 4 members (excludes halogenated alkanes) is 1. The molecule has 2 N–H and O–H groups in total. The highest BCUT2D eigenvalue weighted by Crippen LogP contribution is 2.40. The standard InChI is InChI=1S/C23H23ClFNO4/c1-4-5-10-23(3,22(29)30)20-13(2)26(19-9-7-15(27)12-16(19)20)21(28)14-6-8-17(24)18(25)11-14/h6-9,11-12,27H,4-5,10H2,1-3H3,(H,29,30)/t23-/m1/s1. The molecule has 7 heteroatoms. The van der Waals surface area contributed by atoms with Crippen molar-refractivity contribution in [1.29, 1.82) is 0 Å². The first-order chi connectivity index (χ1) is 14.1. The van der Waals surface area contributed by atoms with E-state index in [9.17, 15) is 24.2 Å². The average Bonchev–Trinajstić information content (AvgIpc) is 2.98. The zero-order chi connectivity index (χ0) is 22.2. The number of phenols is 1. The molecule has 1 heterocycles. The molecule has 2 aromatic carbocycles. The molecule has 0 aliphatic rings.